The molecule has 5 heteroatoms. The lowest BCUT2D eigenvalue weighted by Crippen LogP contribution is -2.25. The molecule has 1 N–H and O–H groups in total. The number of likely N-dealkylation sites (tertiary alicyclic amines) is 1. The maximum Gasteiger partial charge on any atom is 0.190 e. The van der Waals surface area contributed by atoms with Gasteiger partial charge in [-0.25, -0.2) is 8.78 Å². The first kappa shape index (κ1) is 16.9. The van der Waals surface area contributed by atoms with Gasteiger partial charge in [0.1, 0.15) is 12.7 Å². The van der Waals surface area contributed by atoms with Crippen molar-refractivity contribution in [3.05, 3.63) is 65.2 Å². The summed E-state index contributed by atoms with van der Waals surface area (Å²) in [4.78, 5) is 2.21. The SMILES string of the molecule is OC(c1ccccc1)c1cc(F)c(OCCN2CCCC2)c(F)c1. The number of halogens is 2. The summed E-state index contributed by atoms with van der Waals surface area (Å²) in [6.07, 6.45) is 1.25. The van der Waals surface area contributed by atoms with Crippen molar-refractivity contribution in [1.82, 2.24) is 4.90 Å². The van der Waals surface area contributed by atoms with Gasteiger partial charge in [0.2, 0.25) is 0 Å². The summed E-state index contributed by atoms with van der Waals surface area (Å²) in [7, 11) is 0. The molecular formula is C19H21F2NO2. The highest BCUT2D eigenvalue weighted by Crippen LogP contribution is 2.29. The van der Waals surface area contributed by atoms with Crippen LogP contribution in [-0.4, -0.2) is 36.2 Å². The number of ether oxygens (including phenoxy) is 1. The number of aliphatic hydroxyl groups excluding tert-OH is 1. The molecular weight excluding hydrogens is 312 g/mol. The van der Waals surface area contributed by atoms with Gasteiger partial charge in [-0.2, -0.15) is 0 Å². The predicted octanol–water partition coefficient (Wildman–Crippen LogP) is 3.52. The summed E-state index contributed by atoms with van der Waals surface area (Å²) >= 11 is 0. The molecule has 1 atom stereocenters. The van der Waals surface area contributed by atoms with E-state index in [0.717, 1.165) is 38.1 Å². The number of aliphatic hydroxyl groups is 1. The molecule has 1 aliphatic rings. The highest BCUT2D eigenvalue weighted by atomic mass is 19.1. The molecule has 3 nitrogen and oxygen atoms in total. The summed E-state index contributed by atoms with van der Waals surface area (Å²) in [6, 6.07) is 11.0. The number of benzene rings is 2. The van der Waals surface area contributed by atoms with E-state index < -0.39 is 17.7 Å². The molecule has 0 spiro atoms. The number of hydrogen-bond acceptors (Lipinski definition) is 3. The summed E-state index contributed by atoms with van der Waals surface area (Å²) in [6.45, 7) is 2.93. The Hall–Kier alpha value is -1.98. The van der Waals surface area contributed by atoms with Crippen LogP contribution in [-0.2, 0) is 0 Å². The minimum Gasteiger partial charge on any atom is -0.486 e. The zero-order valence-electron chi connectivity index (χ0n) is 13.4. The second kappa shape index (κ2) is 7.73. The van der Waals surface area contributed by atoms with Crippen molar-refractivity contribution in [3.63, 3.8) is 0 Å². The minimum absolute atomic E-state index is 0.170. The van der Waals surface area contributed by atoms with E-state index in [1.165, 1.54) is 0 Å². The Labute approximate surface area is 140 Å². The number of nitrogens with zero attached hydrogens (tertiary/aromatic N) is 1. The number of rotatable bonds is 6. The zero-order valence-corrected chi connectivity index (χ0v) is 13.4. The van der Waals surface area contributed by atoms with Gasteiger partial charge in [-0.3, -0.25) is 4.90 Å². The van der Waals surface area contributed by atoms with Crippen LogP contribution in [0.5, 0.6) is 5.75 Å². The summed E-state index contributed by atoms with van der Waals surface area (Å²) in [5, 5.41) is 10.3. The molecule has 2 aromatic carbocycles. The monoisotopic (exact) mass is 333 g/mol. The third-order valence-electron chi connectivity index (χ3n) is 4.30. The average Bonchev–Trinajstić information content (AvgIpc) is 3.10. The summed E-state index contributed by atoms with van der Waals surface area (Å²) in [5.74, 6) is -1.96. The Morgan fingerprint density at radius 3 is 2.25 bits per heavy atom. The van der Waals surface area contributed by atoms with Crippen LogP contribution in [0.1, 0.15) is 30.1 Å². The Bertz CT molecular complexity index is 649. The van der Waals surface area contributed by atoms with Crippen LogP contribution in [0.25, 0.3) is 0 Å². The number of hydrogen-bond donors (Lipinski definition) is 1. The van der Waals surface area contributed by atoms with Crippen LogP contribution in [0.2, 0.25) is 0 Å². The molecule has 0 bridgehead atoms. The largest absolute Gasteiger partial charge is 0.486 e. The van der Waals surface area contributed by atoms with E-state index in [0.29, 0.717) is 12.1 Å². The molecule has 1 unspecified atom stereocenters. The highest BCUT2D eigenvalue weighted by Gasteiger charge is 2.18. The lowest BCUT2D eigenvalue weighted by atomic mass is 10.0. The van der Waals surface area contributed by atoms with Crippen molar-refractivity contribution in [1.29, 1.82) is 0 Å². The first-order chi connectivity index (χ1) is 11.6. The maximum absolute atomic E-state index is 14.2. The molecule has 24 heavy (non-hydrogen) atoms. The quantitative estimate of drug-likeness (QED) is 0.878. The average molecular weight is 333 g/mol. The first-order valence-electron chi connectivity index (χ1n) is 8.22. The van der Waals surface area contributed by atoms with E-state index in [1.807, 2.05) is 6.07 Å². The van der Waals surface area contributed by atoms with Crippen LogP contribution in [0, 0.1) is 11.6 Å². The third-order valence-corrected chi connectivity index (χ3v) is 4.30. The van der Waals surface area contributed by atoms with Gasteiger partial charge >= 0.3 is 0 Å². The smallest absolute Gasteiger partial charge is 0.190 e. The van der Waals surface area contributed by atoms with E-state index in [1.54, 1.807) is 24.3 Å². The molecule has 3 rings (SSSR count). The fourth-order valence-corrected chi connectivity index (χ4v) is 2.99. The van der Waals surface area contributed by atoms with Gasteiger partial charge in [-0.05, 0) is 49.2 Å². The van der Waals surface area contributed by atoms with Gasteiger partial charge < -0.3 is 9.84 Å². The molecule has 128 valence electrons. The van der Waals surface area contributed by atoms with E-state index in [9.17, 15) is 13.9 Å². The molecule has 0 aromatic heterocycles. The van der Waals surface area contributed by atoms with Gasteiger partial charge in [0.05, 0.1) is 0 Å². The Kier molecular flexibility index (Phi) is 5.43. The van der Waals surface area contributed by atoms with Gasteiger partial charge in [-0.1, -0.05) is 30.3 Å². The standard InChI is InChI=1S/C19H21F2NO2/c20-16-12-15(18(23)14-6-2-1-3-7-14)13-17(21)19(16)24-11-10-22-8-4-5-9-22/h1-3,6-7,12-13,18,23H,4-5,8-11H2. The van der Waals surface area contributed by atoms with Crippen LogP contribution in [0.15, 0.2) is 42.5 Å². The lowest BCUT2D eigenvalue weighted by Gasteiger charge is -2.17. The van der Waals surface area contributed by atoms with Crippen molar-refractivity contribution in [2.24, 2.45) is 0 Å². The molecule has 1 saturated heterocycles. The van der Waals surface area contributed by atoms with Crippen molar-refractivity contribution in [3.8, 4) is 5.75 Å². The van der Waals surface area contributed by atoms with Crippen LogP contribution in [0.4, 0.5) is 8.78 Å². The molecule has 0 aliphatic carbocycles. The summed E-state index contributed by atoms with van der Waals surface area (Å²) < 4.78 is 33.7. The molecule has 2 aromatic rings. The maximum atomic E-state index is 14.2. The van der Waals surface area contributed by atoms with E-state index in [2.05, 4.69) is 4.90 Å². The molecule has 1 heterocycles. The fourth-order valence-electron chi connectivity index (χ4n) is 2.99. The second-order valence-electron chi connectivity index (χ2n) is 6.02. The topological polar surface area (TPSA) is 32.7 Å². The van der Waals surface area contributed by atoms with Gasteiger partial charge in [0.15, 0.2) is 17.4 Å². The Morgan fingerprint density at radius 2 is 1.62 bits per heavy atom. The summed E-state index contributed by atoms with van der Waals surface area (Å²) in [5.41, 5.74) is 0.752. The van der Waals surface area contributed by atoms with Gasteiger partial charge in [0.25, 0.3) is 0 Å². The van der Waals surface area contributed by atoms with Gasteiger partial charge in [0, 0.05) is 6.54 Å². The highest BCUT2D eigenvalue weighted by molar-refractivity contribution is 5.36. The molecule has 1 aliphatic heterocycles. The molecule has 1 fully saturated rings. The van der Waals surface area contributed by atoms with E-state index >= 15 is 0 Å². The Morgan fingerprint density at radius 1 is 1.00 bits per heavy atom. The fraction of sp³-hybridized carbons (Fsp3) is 0.368. The van der Waals surface area contributed by atoms with Crippen molar-refractivity contribution in [2.45, 2.75) is 18.9 Å². The third kappa shape index (κ3) is 3.91. The lowest BCUT2D eigenvalue weighted by molar-refractivity contribution is 0.213. The van der Waals surface area contributed by atoms with Crippen LogP contribution in [0.3, 0.4) is 0 Å². The first-order valence-corrected chi connectivity index (χ1v) is 8.22. The minimum atomic E-state index is -1.08. The molecule has 0 radical (unpaired) electrons. The van der Waals surface area contributed by atoms with Crippen LogP contribution < -0.4 is 4.74 Å². The van der Waals surface area contributed by atoms with Crippen molar-refractivity contribution >= 4 is 0 Å². The van der Waals surface area contributed by atoms with Gasteiger partial charge in [-0.15, -0.1) is 0 Å². The van der Waals surface area contributed by atoms with E-state index in [4.69, 9.17) is 4.74 Å². The normalized spacial score (nSPS) is 16.3. The van der Waals surface area contributed by atoms with E-state index in [-0.39, 0.29) is 17.9 Å². The van der Waals surface area contributed by atoms with Crippen molar-refractivity contribution in [2.75, 3.05) is 26.2 Å². The van der Waals surface area contributed by atoms with Crippen LogP contribution >= 0.6 is 0 Å². The van der Waals surface area contributed by atoms with Crippen molar-refractivity contribution < 1.29 is 18.6 Å². The molecule has 0 amide bonds. The predicted molar refractivity (Wildman–Crippen MR) is 88.0 cm³/mol. The Balaban J connectivity index is 1.68. The second-order valence-corrected chi connectivity index (χ2v) is 6.02. The molecule has 0 saturated carbocycles. The zero-order chi connectivity index (χ0) is 16.9.